The maximum Gasteiger partial charge on any atom is 0.225 e. The van der Waals surface area contributed by atoms with E-state index in [-0.39, 0.29) is 11.9 Å². The summed E-state index contributed by atoms with van der Waals surface area (Å²) in [6.45, 7) is 3.91. The summed E-state index contributed by atoms with van der Waals surface area (Å²) in [6, 6.07) is 2.11. The number of nitrogens with one attached hydrogen (secondary N) is 1. The summed E-state index contributed by atoms with van der Waals surface area (Å²) in [5.41, 5.74) is 0. The third-order valence-corrected chi connectivity index (χ3v) is 4.10. The van der Waals surface area contributed by atoms with Gasteiger partial charge in [0, 0.05) is 18.0 Å². The third-order valence-electron chi connectivity index (χ3n) is 2.76. The molecule has 0 spiro atoms. The van der Waals surface area contributed by atoms with Crippen molar-refractivity contribution in [3.05, 3.63) is 16.2 Å². The third kappa shape index (κ3) is 4.02. The molecule has 0 saturated carbocycles. The van der Waals surface area contributed by atoms with Crippen LogP contribution in [0.5, 0.6) is 0 Å². The van der Waals surface area contributed by atoms with E-state index >= 15 is 0 Å². The van der Waals surface area contributed by atoms with Gasteiger partial charge >= 0.3 is 0 Å². The van der Waals surface area contributed by atoms with Gasteiger partial charge in [-0.05, 0) is 30.5 Å². The SMILES string of the molecule is CCc1cc2c(NCCCOCCO)nc(Cl)nc2s1. The first-order chi connectivity index (χ1) is 9.74. The smallest absolute Gasteiger partial charge is 0.225 e. The van der Waals surface area contributed by atoms with Crippen molar-refractivity contribution >= 4 is 39.0 Å². The van der Waals surface area contributed by atoms with Crippen molar-refractivity contribution in [3.8, 4) is 0 Å². The minimum atomic E-state index is 0.0598. The molecule has 2 aromatic heterocycles. The van der Waals surface area contributed by atoms with Crippen LogP contribution in [0.3, 0.4) is 0 Å². The molecule has 2 rings (SSSR count). The van der Waals surface area contributed by atoms with E-state index in [4.69, 9.17) is 21.4 Å². The van der Waals surface area contributed by atoms with E-state index in [0.29, 0.717) is 13.2 Å². The molecule has 0 saturated heterocycles. The molecule has 20 heavy (non-hydrogen) atoms. The molecule has 0 bridgehead atoms. The zero-order valence-electron chi connectivity index (χ0n) is 11.4. The number of rotatable bonds is 8. The highest BCUT2D eigenvalue weighted by Crippen LogP contribution is 2.30. The number of thiophene rings is 1. The van der Waals surface area contributed by atoms with Crippen LogP contribution in [0, 0.1) is 0 Å². The Hall–Kier alpha value is -0.950. The molecular weight excluding hydrogens is 298 g/mol. The van der Waals surface area contributed by atoms with Crippen LogP contribution in [-0.2, 0) is 11.2 Å². The number of aryl methyl sites for hydroxylation is 1. The van der Waals surface area contributed by atoms with Crippen molar-refractivity contribution in [3.63, 3.8) is 0 Å². The highest BCUT2D eigenvalue weighted by atomic mass is 35.5. The van der Waals surface area contributed by atoms with Crippen molar-refractivity contribution in [2.45, 2.75) is 19.8 Å². The Morgan fingerprint density at radius 1 is 1.40 bits per heavy atom. The Labute approximate surface area is 127 Å². The number of anilines is 1. The lowest BCUT2D eigenvalue weighted by Crippen LogP contribution is -2.09. The van der Waals surface area contributed by atoms with Crippen molar-refractivity contribution < 1.29 is 9.84 Å². The fourth-order valence-corrected chi connectivity index (χ4v) is 2.99. The Morgan fingerprint density at radius 3 is 3.00 bits per heavy atom. The first kappa shape index (κ1) is 15.4. The monoisotopic (exact) mass is 315 g/mol. The van der Waals surface area contributed by atoms with Crippen LogP contribution in [0.25, 0.3) is 10.2 Å². The number of aliphatic hydroxyl groups is 1. The van der Waals surface area contributed by atoms with Crippen molar-refractivity contribution in [2.24, 2.45) is 0 Å². The van der Waals surface area contributed by atoms with E-state index in [2.05, 4.69) is 28.3 Å². The van der Waals surface area contributed by atoms with Gasteiger partial charge in [-0.2, -0.15) is 0 Å². The van der Waals surface area contributed by atoms with Crippen LogP contribution >= 0.6 is 22.9 Å². The zero-order chi connectivity index (χ0) is 14.4. The largest absolute Gasteiger partial charge is 0.394 e. The fraction of sp³-hybridized carbons (Fsp3) is 0.538. The first-order valence-corrected chi connectivity index (χ1v) is 7.82. The van der Waals surface area contributed by atoms with E-state index in [1.807, 2.05) is 0 Å². The molecule has 0 atom stereocenters. The maximum atomic E-state index is 8.60. The van der Waals surface area contributed by atoms with Crippen LogP contribution in [0.15, 0.2) is 6.07 Å². The molecule has 0 radical (unpaired) electrons. The Morgan fingerprint density at radius 2 is 2.25 bits per heavy atom. The van der Waals surface area contributed by atoms with Crippen molar-refractivity contribution in [2.75, 3.05) is 31.7 Å². The lowest BCUT2D eigenvalue weighted by molar-refractivity contribution is 0.0922. The Balaban J connectivity index is 1.99. The highest BCUT2D eigenvalue weighted by Gasteiger charge is 2.10. The predicted molar refractivity (Wildman–Crippen MR) is 82.8 cm³/mol. The number of halogens is 1. The predicted octanol–water partition coefficient (Wildman–Crippen LogP) is 2.72. The van der Waals surface area contributed by atoms with Gasteiger partial charge in [0.15, 0.2) is 0 Å². The van der Waals surface area contributed by atoms with E-state index in [1.54, 1.807) is 11.3 Å². The van der Waals surface area contributed by atoms with Gasteiger partial charge in [0.25, 0.3) is 0 Å². The second-order valence-electron chi connectivity index (χ2n) is 4.24. The summed E-state index contributed by atoms with van der Waals surface area (Å²) in [6.07, 6.45) is 1.82. The van der Waals surface area contributed by atoms with E-state index in [1.165, 1.54) is 4.88 Å². The molecule has 0 aliphatic carbocycles. The van der Waals surface area contributed by atoms with Gasteiger partial charge in [-0.25, -0.2) is 9.97 Å². The van der Waals surface area contributed by atoms with Gasteiger partial charge < -0.3 is 15.2 Å². The summed E-state index contributed by atoms with van der Waals surface area (Å²) in [7, 11) is 0. The van der Waals surface area contributed by atoms with E-state index in [0.717, 1.165) is 35.4 Å². The number of fused-ring (bicyclic) bond motifs is 1. The summed E-state index contributed by atoms with van der Waals surface area (Å²) < 4.78 is 5.21. The molecule has 2 aromatic rings. The van der Waals surface area contributed by atoms with Crippen LogP contribution in [0.1, 0.15) is 18.2 Å². The van der Waals surface area contributed by atoms with Crippen LogP contribution in [0.4, 0.5) is 5.82 Å². The first-order valence-electron chi connectivity index (χ1n) is 6.63. The minimum Gasteiger partial charge on any atom is -0.394 e. The van der Waals surface area contributed by atoms with Gasteiger partial charge in [0.2, 0.25) is 5.28 Å². The lowest BCUT2D eigenvalue weighted by atomic mass is 10.3. The van der Waals surface area contributed by atoms with Crippen LogP contribution in [0.2, 0.25) is 5.28 Å². The standard InChI is InChI=1S/C13H18ClN3O2S/c1-2-9-8-10-11(15-4-3-6-19-7-5-18)16-13(14)17-12(10)20-9/h8,18H,2-7H2,1H3,(H,15,16,17). The number of aromatic nitrogens is 2. The topological polar surface area (TPSA) is 67.3 Å². The number of hydrogen-bond acceptors (Lipinski definition) is 6. The fourth-order valence-electron chi connectivity index (χ4n) is 1.80. The molecule has 110 valence electrons. The lowest BCUT2D eigenvalue weighted by Gasteiger charge is -2.07. The molecule has 0 unspecified atom stereocenters. The number of hydrogen-bond donors (Lipinski definition) is 2. The second kappa shape index (κ2) is 7.73. The van der Waals surface area contributed by atoms with Crippen LogP contribution in [-0.4, -0.2) is 41.4 Å². The van der Waals surface area contributed by atoms with Gasteiger partial charge in [-0.15, -0.1) is 11.3 Å². The van der Waals surface area contributed by atoms with Crippen molar-refractivity contribution in [1.29, 1.82) is 0 Å². The highest BCUT2D eigenvalue weighted by molar-refractivity contribution is 7.18. The van der Waals surface area contributed by atoms with Crippen molar-refractivity contribution in [1.82, 2.24) is 9.97 Å². The number of nitrogens with zero attached hydrogens (tertiary/aromatic N) is 2. The van der Waals surface area contributed by atoms with E-state index in [9.17, 15) is 0 Å². The van der Waals surface area contributed by atoms with Gasteiger partial charge in [-0.1, -0.05) is 6.92 Å². The van der Waals surface area contributed by atoms with Gasteiger partial charge in [0.05, 0.1) is 18.6 Å². The molecule has 7 heteroatoms. The second-order valence-corrected chi connectivity index (χ2v) is 5.70. The average molecular weight is 316 g/mol. The summed E-state index contributed by atoms with van der Waals surface area (Å²) in [5, 5.41) is 13.2. The Bertz CT molecular complexity index is 562. The minimum absolute atomic E-state index is 0.0598. The maximum absolute atomic E-state index is 8.60. The zero-order valence-corrected chi connectivity index (χ0v) is 12.9. The molecule has 2 N–H and O–H groups in total. The summed E-state index contributed by atoms with van der Waals surface area (Å²) >= 11 is 7.60. The summed E-state index contributed by atoms with van der Waals surface area (Å²) in [4.78, 5) is 10.7. The average Bonchev–Trinajstić information content (AvgIpc) is 2.85. The molecule has 0 aliphatic heterocycles. The number of ether oxygens (including phenoxy) is 1. The van der Waals surface area contributed by atoms with E-state index < -0.39 is 0 Å². The van der Waals surface area contributed by atoms with Crippen LogP contribution < -0.4 is 5.32 Å². The molecule has 2 heterocycles. The molecule has 0 aliphatic rings. The quantitative estimate of drug-likeness (QED) is 0.579. The van der Waals surface area contributed by atoms with Gasteiger partial charge in [-0.3, -0.25) is 0 Å². The normalized spacial score (nSPS) is 11.2. The summed E-state index contributed by atoms with van der Waals surface area (Å²) in [5.74, 6) is 0.776. The molecule has 0 amide bonds. The van der Waals surface area contributed by atoms with Gasteiger partial charge in [0.1, 0.15) is 10.6 Å². The molecule has 5 nitrogen and oxygen atoms in total. The molecular formula is C13H18ClN3O2S. The molecule has 0 fully saturated rings. The molecule has 0 aromatic carbocycles. The number of aliphatic hydroxyl groups excluding tert-OH is 1. The Kier molecular flexibility index (Phi) is 5.97.